The van der Waals surface area contributed by atoms with E-state index in [4.69, 9.17) is 4.74 Å². The first-order valence-corrected chi connectivity index (χ1v) is 10.8. The van der Waals surface area contributed by atoms with E-state index in [1.165, 1.54) is 23.9 Å². The van der Waals surface area contributed by atoms with Crippen LogP contribution in [-0.2, 0) is 11.3 Å². The maximum absolute atomic E-state index is 13.1. The number of aromatic nitrogens is 3. The van der Waals surface area contributed by atoms with Crippen LogP contribution in [0.2, 0.25) is 0 Å². The summed E-state index contributed by atoms with van der Waals surface area (Å²) in [5.74, 6) is 0.873. The Kier molecular flexibility index (Phi) is 7.46. The van der Waals surface area contributed by atoms with Crippen LogP contribution < -0.4 is 10.1 Å². The topological polar surface area (TPSA) is 69.0 Å². The molecule has 1 heterocycles. The Hall–Kier alpha value is -3.13. The quantitative estimate of drug-likeness (QED) is 0.371. The van der Waals surface area contributed by atoms with Crippen LogP contribution in [-0.4, -0.2) is 26.4 Å². The minimum Gasteiger partial charge on any atom is -0.483 e. The number of amides is 1. The molecule has 1 aromatic heterocycles. The highest BCUT2D eigenvalue weighted by Crippen LogP contribution is 2.25. The lowest BCUT2D eigenvalue weighted by atomic mass is 10.1. The molecule has 1 atom stereocenters. The van der Waals surface area contributed by atoms with Crippen molar-refractivity contribution in [3.8, 4) is 5.75 Å². The van der Waals surface area contributed by atoms with Gasteiger partial charge in [0.25, 0.3) is 0 Å². The standard InChI is InChI=1S/C23H25FN4O2S/c1-5-12-28-22(17(4)30-19-10-8-18(24)9-11-19)26-27-23(28)31-14-21(29)25-20-13-15(2)6-7-16(20)3/h5-11,13,17H,1,12,14H2,2-4H3,(H,25,29). The van der Waals surface area contributed by atoms with Gasteiger partial charge in [0.05, 0.1) is 5.75 Å². The van der Waals surface area contributed by atoms with Gasteiger partial charge >= 0.3 is 0 Å². The van der Waals surface area contributed by atoms with Crippen LogP contribution in [0.1, 0.15) is 30.0 Å². The number of ether oxygens (including phenoxy) is 1. The Bertz CT molecular complexity index is 1070. The van der Waals surface area contributed by atoms with Crippen LogP contribution in [0.3, 0.4) is 0 Å². The van der Waals surface area contributed by atoms with Gasteiger partial charge in [-0.15, -0.1) is 16.8 Å². The number of allylic oxidation sites excluding steroid dienone is 1. The van der Waals surface area contributed by atoms with Gasteiger partial charge in [0, 0.05) is 12.2 Å². The molecular formula is C23H25FN4O2S. The summed E-state index contributed by atoms with van der Waals surface area (Å²) in [5, 5.41) is 12.0. The molecule has 0 bridgehead atoms. The largest absolute Gasteiger partial charge is 0.483 e. The summed E-state index contributed by atoms with van der Waals surface area (Å²) >= 11 is 1.30. The highest BCUT2D eigenvalue weighted by molar-refractivity contribution is 7.99. The third kappa shape index (κ3) is 5.95. The number of carbonyl (C=O) groups is 1. The number of rotatable bonds is 9. The number of benzene rings is 2. The molecule has 0 aliphatic carbocycles. The second-order valence-electron chi connectivity index (χ2n) is 7.11. The minimum atomic E-state index is -0.420. The van der Waals surface area contributed by atoms with Gasteiger partial charge in [-0.3, -0.25) is 9.36 Å². The zero-order valence-corrected chi connectivity index (χ0v) is 18.6. The number of hydrogen-bond acceptors (Lipinski definition) is 5. The van der Waals surface area contributed by atoms with E-state index in [-0.39, 0.29) is 17.5 Å². The predicted octanol–water partition coefficient (Wildman–Crippen LogP) is 5.09. The van der Waals surface area contributed by atoms with Crippen molar-refractivity contribution in [2.75, 3.05) is 11.1 Å². The van der Waals surface area contributed by atoms with Crippen LogP contribution in [0.15, 0.2) is 60.3 Å². The molecule has 8 heteroatoms. The van der Waals surface area contributed by atoms with Gasteiger partial charge in [0.15, 0.2) is 17.1 Å². The maximum Gasteiger partial charge on any atom is 0.234 e. The zero-order valence-electron chi connectivity index (χ0n) is 17.8. The van der Waals surface area contributed by atoms with E-state index in [0.717, 1.165) is 16.8 Å². The number of aryl methyl sites for hydroxylation is 2. The first-order valence-electron chi connectivity index (χ1n) is 9.83. The molecule has 0 radical (unpaired) electrons. The molecule has 6 nitrogen and oxygen atoms in total. The van der Waals surface area contributed by atoms with Crippen LogP contribution in [0, 0.1) is 19.7 Å². The third-order valence-corrected chi connectivity index (χ3v) is 5.51. The molecule has 3 rings (SSSR count). The van der Waals surface area contributed by atoms with Gasteiger partial charge in [-0.05, 0) is 62.2 Å². The normalized spacial score (nSPS) is 11.7. The van der Waals surface area contributed by atoms with Crippen molar-refractivity contribution in [1.29, 1.82) is 0 Å². The highest BCUT2D eigenvalue weighted by atomic mass is 32.2. The second kappa shape index (κ2) is 10.3. The number of nitrogens with zero attached hydrogens (tertiary/aromatic N) is 3. The molecule has 162 valence electrons. The summed E-state index contributed by atoms with van der Waals surface area (Å²) in [5.41, 5.74) is 2.90. The molecule has 0 saturated carbocycles. The molecule has 2 aromatic carbocycles. The van der Waals surface area contributed by atoms with Crippen LogP contribution in [0.5, 0.6) is 5.75 Å². The molecule has 0 aliphatic heterocycles. The number of hydrogen-bond donors (Lipinski definition) is 1. The molecule has 1 unspecified atom stereocenters. The van der Waals surface area contributed by atoms with Crippen molar-refractivity contribution >= 4 is 23.4 Å². The van der Waals surface area contributed by atoms with Gasteiger partial charge in [-0.2, -0.15) is 0 Å². The van der Waals surface area contributed by atoms with Gasteiger partial charge < -0.3 is 10.1 Å². The first-order chi connectivity index (χ1) is 14.9. The average molecular weight is 441 g/mol. The fourth-order valence-electron chi connectivity index (χ4n) is 2.97. The first kappa shape index (κ1) is 22.6. The Morgan fingerprint density at radius 1 is 1.26 bits per heavy atom. The van der Waals surface area contributed by atoms with Crippen molar-refractivity contribution in [1.82, 2.24) is 14.8 Å². The number of thioether (sulfide) groups is 1. The Morgan fingerprint density at radius 2 is 2.00 bits per heavy atom. The lowest BCUT2D eigenvalue weighted by Crippen LogP contribution is -2.16. The molecular weight excluding hydrogens is 415 g/mol. The smallest absolute Gasteiger partial charge is 0.234 e. The fraction of sp³-hybridized carbons (Fsp3) is 0.261. The zero-order chi connectivity index (χ0) is 22.4. The van der Waals surface area contributed by atoms with E-state index in [2.05, 4.69) is 22.1 Å². The highest BCUT2D eigenvalue weighted by Gasteiger charge is 2.20. The minimum absolute atomic E-state index is 0.121. The molecule has 3 aromatic rings. The molecule has 1 N–H and O–H groups in total. The number of nitrogens with one attached hydrogen (secondary N) is 1. The Labute approximate surface area is 185 Å². The average Bonchev–Trinajstić information content (AvgIpc) is 3.14. The lowest BCUT2D eigenvalue weighted by molar-refractivity contribution is -0.113. The molecule has 0 spiro atoms. The van der Waals surface area contributed by atoms with Crippen molar-refractivity contribution in [2.45, 2.75) is 38.6 Å². The summed E-state index contributed by atoms with van der Waals surface area (Å²) in [7, 11) is 0. The Balaban J connectivity index is 1.68. The summed E-state index contributed by atoms with van der Waals surface area (Å²) in [4.78, 5) is 12.5. The van der Waals surface area contributed by atoms with Gasteiger partial charge in [-0.1, -0.05) is 30.0 Å². The van der Waals surface area contributed by atoms with Crippen LogP contribution in [0.25, 0.3) is 0 Å². The summed E-state index contributed by atoms with van der Waals surface area (Å²) in [6.07, 6.45) is 1.31. The molecule has 0 aliphatic rings. The van der Waals surface area contributed by atoms with E-state index in [9.17, 15) is 9.18 Å². The van der Waals surface area contributed by atoms with Gasteiger partial charge in [0.1, 0.15) is 11.6 Å². The molecule has 0 fully saturated rings. The lowest BCUT2D eigenvalue weighted by Gasteiger charge is -2.15. The summed E-state index contributed by atoms with van der Waals surface area (Å²) in [6, 6.07) is 11.7. The monoisotopic (exact) mass is 440 g/mol. The van der Waals surface area contributed by atoms with E-state index in [0.29, 0.717) is 23.3 Å². The van der Waals surface area contributed by atoms with Crippen molar-refractivity contribution < 1.29 is 13.9 Å². The van der Waals surface area contributed by atoms with Crippen LogP contribution in [0.4, 0.5) is 10.1 Å². The van der Waals surface area contributed by atoms with E-state index >= 15 is 0 Å². The summed E-state index contributed by atoms with van der Waals surface area (Å²) < 4.78 is 20.8. The van der Waals surface area contributed by atoms with Crippen molar-refractivity contribution in [2.24, 2.45) is 0 Å². The fourth-order valence-corrected chi connectivity index (χ4v) is 3.72. The second-order valence-corrected chi connectivity index (χ2v) is 8.05. The van der Waals surface area contributed by atoms with Crippen molar-refractivity contribution in [3.05, 3.63) is 77.9 Å². The number of halogens is 1. The molecule has 31 heavy (non-hydrogen) atoms. The van der Waals surface area contributed by atoms with Gasteiger partial charge in [0.2, 0.25) is 5.91 Å². The van der Waals surface area contributed by atoms with Crippen LogP contribution >= 0.6 is 11.8 Å². The van der Waals surface area contributed by atoms with Gasteiger partial charge in [-0.25, -0.2) is 4.39 Å². The third-order valence-electron chi connectivity index (χ3n) is 4.55. The van der Waals surface area contributed by atoms with E-state index in [1.807, 2.05) is 43.5 Å². The predicted molar refractivity (Wildman–Crippen MR) is 121 cm³/mol. The maximum atomic E-state index is 13.1. The number of carbonyl (C=O) groups excluding carboxylic acids is 1. The van der Waals surface area contributed by atoms with E-state index in [1.54, 1.807) is 18.2 Å². The number of anilines is 1. The molecule has 1 amide bonds. The van der Waals surface area contributed by atoms with Crippen molar-refractivity contribution in [3.63, 3.8) is 0 Å². The van der Waals surface area contributed by atoms with E-state index < -0.39 is 6.10 Å². The summed E-state index contributed by atoms with van der Waals surface area (Å²) in [6.45, 7) is 10.0. The Morgan fingerprint density at radius 3 is 2.71 bits per heavy atom. The molecule has 0 saturated heterocycles. The SMILES string of the molecule is C=CCn1c(SCC(=O)Nc2cc(C)ccc2C)nnc1C(C)Oc1ccc(F)cc1.